The predicted molar refractivity (Wildman–Crippen MR) is 75.6 cm³/mol. The normalized spacial score (nSPS) is 24.7. The van der Waals surface area contributed by atoms with Gasteiger partial charge in [-0.2, -0.15) is 0 Å². The van der Waals surface area contributed by atoms with Crippen molar-refractivity contribution in [1.82, 2.24) is 0 Å². The molecule has 1 N–H and O–H groups in total. The zero-order chi connectivity index (χ0) is 14.1. The van der Waals surface area contributed by atoms with Gasteiger partial charge in [-0.1, -0.05) is 18.2 Å². The van der Waals surface area contributed by atoms with Crippen molar-refractivity contribution in [2.24, 2.45) is 11.8 Å². The fourth-order valence-corrected chi connectivity index (χ4v) is 3.27. The molecule has 1 aromatic rings. The second kappa shape index (κ2) is 5.27. The average Bonchev–Trinajstić information content (AvgIpc) is 2.42. The summed E-state index contributed by atoms with van der Waals surface area (Å²) in [5.74, 6) is -0.978. The van der Waals surface area contributed by atoms with E-state index in [4.69, 9.17) is 5.11 Å². The van der Waals surface area contributed by atoms with E-state index in [0.717, 1.165) is 31.5 Å². The number of amides is 1. The molecule has 1 aromatic carbocycles. The molecule has 3 rings (SSSR count). The highest BCUT2D eigenvalue weighted by Crippen LogP contribution is 2.38. The summed E-state index contributed by atoms with van der Waals surface area (Å²) in [4.78, 5) is 25.3. The Balaban J connectivity index is 1.71. The quantitative estimate of drug-likeness (QED) is 0.920. The third-order valence-electron chi connectivity index (χ3n) is 4.58. The molecule has 20 heavy (non-hydrogen) atoms. The number of benzene rings is 1. The largest absolute Gasteiger partial charge is 0.481 e. The maximum absolute atomic E-state index is 12.5. The molecular formula is C16H19NO3. The van der Waals surface area contributed by atoms with E-state index in [-0.39, 0.29) is 17.7 Å². The van der Waals surface area contributed by atoms with E-state index in [2.05, 4.69) is 6.07 Å². The smallest absolute Gasteiger partial charge is 0.306 e. The number of aryl methyl sites for hydroxylation is 1. The maximum atomic E-state index is 12.5. The van der Waals surface area contributed by atoms with Gasteiger partial charge in [0.1, 0.15) is 0 Å². The van der Waals surface area contributed by atoms with Crippen molar-refractivity contribution in [1.29, 1.82) is 0 Å². The number of nitrogens with zero attached hydrogens (tertiary/aromatic N) is 1. The summed E-state index contributed by atoms with van der Waals surface area (Å²) in [6.45, 7) is 0.750. The van der Waals surface area contributed by atoms with Gasteiger partial charge < -0.3 is 10.0 Å². The SMILES string of the molecule is O=C(O)[C@@H]1CC[C@@H]1CC(=O)N1CCCc2ccccc21. The highest BCUT2D eigenvalue weighted by Gasteiger charge is 2.38. The Bertz CT molecular complexity index is 540. The highest BCUT2D eigenvalue weighted by molar-refractivity contribution is 5.95. The summed E-state index contributed by atoms with van der Waals surface area (Å²) in [7, 11) is 0. The number of para-hydroxylation sites is 1. The molecule has 1 amide bonds. The van der Waals surface area contributed by atoms with Crippen molar-refractivity contribution >= 4 is 17.6 Å². The van der Waals surface area contributed by atoms with Crippen LogP contribution >= 0.6 is 0 Å². The van der Waals surface area contributed by atoms with E-state index < -0.39 is 5.97 Å². The fourth-order valence-electron chi connectivity index (χ4n) is 3.27. The van der Waals surface area contributed by atoms with Crippen LogP contribution in [0.3, 0.4) is 0 Å². The van der Waals surface area contributed by atoms with Crippen LogP contribution < -0.4 is 4.90 Å². The molecule has 0 unspecified atom stereocenters. The van der Waals surface area contributed by atoms with Crippen LogP contribution in [-0.2, 0) is 16.0 Å². The molecule has 2 aliphatic rings. The molecule has 1 aliphatic carbocycles. The lowest BCUT2D eigenvalue weighted by molar-refractivity contribution is -0.148. The summed E-state index contributed by atoms with van der Waals surface area (Å²) in [6.07, 6.45) is 3.93. The minimum atomic E-state index is -0.756. The van der Waals surface area contributed by atoms with Gasteiger partial charge in [0.2, 0.25) is 5.91 Å². The molecular weight excluding hydrogens is 254 g/mol. The van der Waals surface area contributed by atoms with Crippen LogP contribution in [0.15, 0.2) is 24.3 Å². The van der Waals surface area contributed by atoms with Crippen LogP contribution in [-0.4, -0.2) is 23.5 Å². The van der Waals surface area contributed by atoms with Gasteiger partial charge in [-0.05, 0) is 43.2 Å². The second-order valence-corrected chi connectivity index (χ2v) is 5.76. The van der Waals surface area contributed by atoms with Crippen LogP contribution in [0, 0.1) is 11.8 Å². The zero-order valence-corrected chi connectivity index (χ0v) is 11.4. The molecule has 1 saturated carbocycles. The third-order valence-corrected chi connectivity index (χ3v) is 4.58. The Labute approximate surface area is 118 Å². The number of anilines is 1. The van der Waals surface area contributed by atoms with Crippen molar-refractivity contribution in [2.45, 2.75) is 32.1 Å². The van der Waals surface area contributed by atoms with Gasteiger partial charge in [0.15, 0.2) is 0 Å². The number of carboxylic acids is 1. The van der Waals surface area contributed by atoms with Gasteiger partial charge >= 0.3 is 5.97 Å². The summed E-state index contributed by atoms with van der Waals surface area (Å²) in [5.41, 5.74) is 2.23. The van der Waals surface area contributed by atoms with Gasteiger partial charge in [0.05, 0.1) is 5.92 Å². The van der Waals surface area contributed by atoms with Crippen LogP contribution in [0.5, 0.6) is 0 Å². The monoisotopic (exact) mass is 273 g/mol. The molecule has 1 heterocycles. The fraction of sp³-hybridized carbons (Fsp3) is 0.500. The number of hydrogen-bond acceptors (Lipinski definition) is 2. The Kier molecular flexibility index (Phi) is 3.47. The van der Waals surface area contributed by atoms with Crippen molar-refractivity contribution < 1.29 is 14.7 Å². The lowest BCUT2D eigenvalue weighted by Crippen LogP contribution is -2.41. The maximum Gasteiger partial charge on any atom is 0.306 e. The number of rotatable bonds is 3. The van der Waals surface area contributed by atoms with E-state index in [1.54, 1.807) is 0 Å². The highest BCUT2D eigenvalue weighted by atomic mass is 16.4. The molecule has 1 aliphatic heterocycles. The topological polar surface area (TPSA) is 57.6 Å². The van der Waals surface area contributed by atoms with Crippen molar-refractivity contribution in [2.75, 3.05) is 11.4 Å². The Morgan fingerprint density at radius 2 is 2.05 bits per heavy atom. The zero-order valence-electron chi connectivity index (χ0n) is 11.4. The van der Waals surface area contributed by atoms with E-state index in [9.17, 15) is 9.59 Å². The van der Waals surface area contributed by atoms with Crippen LogP contribution in [0.1, 0.15) is 31.2 Å². The number of carbonyl (C=O) groups excluding carboxylic acids is 1. The Morgan fingerprint density at radius 3 is 2.75 bits per heavy atom. The van der Waals surface area contributed by atoms with Crippen molar-refractivity contribution in [3.05, 3.63) is 29.8 Å². The minimum Gasteiger partial charge on any atom is -0.481 e. The minimum absolute atomic E-state index is 0.0223. The van der Waals surface area contributed by atoms with Gasteiger partial charge in [0.25, 0.3) is 0 Å². The third kappa shape index (κ3) is 2.30. The van der Waals surface area contributed by atoms with E-state index in [1.807, 2.05) is 23.1 Å². The Morgan fingerprint density at radius 1 is 1.25 bits per heavy atom. The molecule has 0 aromatic heterocycles. The van der Waals surface area contributed by atoms with E-state index in [1.165, 1.54) is 5.56 Å². The number of carbonyl (C=O) groups is 2. The first kappa shape index (κ1) is 13.2. The first-order chi connectivity index (χ1) is 9.66. The first-order valence-corrected chi connectivity index (χ1v) is 7.28. The van der Waals surface area contributed by atoms with Crippen LogP contribution in [0.25, 0.3) is 0 Å². The summed E-state index contributed by atoms with van der Waals surface area (Å²) >= 11 is 0. The lowest BCUT2D eigenvalue weighted by atomic mass is 9.71. The van der Waals surface area contributed by atoms with E-state index in [0.29, 0.717) is 12.8 Å². The number of hydrogen-bond donors (Lipinski definition) is 1. The number of carboxylic acid groups (broad SMARTS) is 1. The molecule has 1 fully saturated rings. The predicted octanol–water partition coefficient (Wildman–Crippen LogP) is 2.47. The standard InChI is InChI=1S/C16H19NO3/c18-15(10-12-7-8-13(12)16(19)20)17-9-3-5-11-4-1-2-6-14(11)17/h1-2,4,6,12-13H,3,5,7-10H2,(H,19,20)/t12-,13-/m1/s1. The summed E-state index contributed by atoms with van der Waals surface area (Å²) in [6, 6.07) is 8.01. The van der Waals surface area contributed by atoms with Crippen LogP contribution in [0.4, 0.5) is 5.69 Å². The molecule has 0 spiro atoms. The number of fused-ring (bicyclic) bond motifs is 1. The van der Waals surface area contributed by atoms with Gasteiger partial charge in [-0.25, -0.2) is 0 Å². The van der Waals surface area contributed by atoms with Crippen LogP contribution in [0.2, 0.25) is 0 Å². The molecule has 106 valence electrons. The van der Waals surface area contributed by atoms with E-state index >= 15 is 0 Å². The molecule has 2 atom stereocenters. The summed E-state index contributed by atoms with van der Waals surface area (Å²) in [5, 5.41) is 9.06. The molecule has 0 radical (unpaired) electrons. The van der Waals surface area contributed by atoms with Gasteiger partial charge in [-0.15, -0.1) is 0 Å². The molecule has 4 nitrogen and oxygen atoms in total. The first-order valence-electron chi connectivity index (χ1n) is 7.28. The molecule has 0 bridgehead atoms. The van der Waals surface area contributed by atoms with Crippen molar-refractivity contribution in [3.8, 4) is 0 Å². The average molecular weight is 273 g/mol. The van der Waals surface area contributed by atoms with Gasteiger partial charge in [0, 0.05) is 18.7 Å². The number of aliphatic carboxylic acids is 1. The Hall–Kier alpha value is -1.84. The van der Waals surface area contributed by atoms with Crippen molar-refractivity contribution in [3.63, 3.8) is 0 Å². The molecule has 4 heteroatoms. The second-order valence-electron chi connectivity index (χ2n) is 5.76. The van der Waals surface area contributed by atoms with Gasteiger partial charge in [-0.3, -0.25) is 9.59 Å². The lowest BCUT2D eigenvalue weighted by Gasteiger charge is -2.36. The molecule has 0 saturated heterocycles. The summed E-state index contributed by atoms with van der Waals surface area (Å²) < 4.78 is 0.